The molecule has 2 amide bonds. The Hall–Kier alpha value is -2.27. The van der Waals surface area contributed by atoms with Crippen molar-refractivity contribution in [3.63, 3.8) is 0 Å². The average molecular weight is 320 g/mol. The molecule has 2 rings (SSSR count). The summed E-state index contributed by atoms with van der Waals surface area (Å²) < 4.78 is 4.98. The number of halogens is 1. The largest absolute Gasteiger partial charge is 0.481 e. The Morgan fingerprint density at radius 1 is 1.23 bits per heavy atom. The molecule has 0 radical (unpaired) electrons. The topological polar surface area (TPSA) is 63.2 Å². The van der Waals surface area contributed by atoms with Crippen LogP contribution in [-0.4, -0.2) is 24.7 Å². The van der Waals surface area contributed by atoms with Crippen LogP contribution in [0.15, 0.2) is 42.6 Å². The van der Waals surface area contributed by atoms with E-state index in [9.17, 15) is 4.79 Å². The van der Waals surface area contributed by atoms with Crippen molar-refractivity contribution >= 4 is 17.6 Å². The fourth-order valence-electron chi connectivity index (χ4n) is 1.89. The van der Waals surface area contributed by atoms with Crippen molar-refractivity contribution in [2.24, 2.45) is 0 Å². The third kappa shape index (κ3) is 5.26. The van der Waals surface area contributed by atoms with Gasteiger partial charge in [0.05, 0.1) is 7.11 Å². The van der Waals surface area contributed by atoms with E-state index in [4.69, 9.17) is 16.3 Å². The van der Waals surface area contributed by atoms with E-state index in [0.29, 0.717) is 24.0 Å². The van der Waals surface area contributed by atoms with Gasteiger partial charge < -0.3 is 15.4 Å². The van der Waals surface area contributed by atoms with Gasteiger partial charge in [-0.25, -0.2) is 9.78 Å². The number of aromatic nitrogens is 1. The summed E-state index contributed by atoms with van der Waals surface area (Å²) >= 11 is 5.91. The highest BCUT2D eigenvalue weighted by Gasteiger charge is 2.01. The second-order valence-electron chi connectivity index (χ2n) is 4.70. The average Bonchev–Trinajstić information content (AvgIpc) is 2.53. The Labute approximate surface area is 134 Å². The van der Waals surface area contributed by atoms with Gasteiger partial charge >= 0.3 is 6.03 Å². The van der Waals surface area contributed by atoms with Gasteiger partial charge in [0.25, 0.3) is 0 Å². The Balaban J connectivity index is 1.69. The zero-order chi connectivity index (χ0) is 15.8. The highest BCUT2D eigenvalue weighted by Crippen LogP contribution is 2.10. The Morgan fingerprint density at radius 2 is 2.09 bits per heavy atom. The van der Waals surface area contributed by atoms with E-state index in [2.05, 4.69) is 15.6 Å². The van der Waals surface area contributed by atoms with E-state index in [0.717, 1.165) is 17.5 Å². The van der Waals surface area contributed by atoms with Crippen LogP contribution in [0.2, 0.25) is 5.02 Å². The summed E-state index contributed by atoms with van der Waals surface area (Å²) in [4.78, 5) is 15.8. The van der Waals surface area contributed by atoms with Crippen LogP contribution >= 0.6 is 11.6 Å². The van der Waals surface area contributed by atoms with Gasteiger partial charge in [-0.2, -0.15) is 0 Å². The van der Waals surface area contributed by atoms with Crippen LogP contribution in [0.25, 0.3) is 0 Å². The summed E-state index contributed by atoms with van der Waals surface area (Å²) in [6, 6.07) is 11.0. The van der Waals surface area contributed by atoms with Crippen molar-refractivity contribution in [1.29, 1.82) is 0 Å². The van der Waals surface area contributed by atoms with Gasteiger partial charge in [0.1, 0.15) is 0 Å². The molecule has 0 bridgehead atoms. The fraction of sp³-hybridized carbons (Fsp3) is 0.250. The molecular weight excluding hydrogens is 302 g/mol. The molecule has 1 heterocycles. The minimum Gasteiger partial charge on any atom is -0.481 e. The SMILES string of the molecule is COc1ccc(CNC(=O)NCCc2cccc(Cl)c2)cn1. The number of hydrogen-bond acceptors (Lipinski definition) is 3. The number of pyridine rings is 1. The number of benzene rings is 1. The molecule has 6 heteroatoms. The van der Waals surface area contributed by atoms with E-state index < -0.39 is 0 Å². The maximum Gasteiger partial charge on any atom is 0.315 e. The van der Waals surface area contributed by atoms with E-state index in [1.54, 1.807) is 19.4 Å². The second kappa shape index (κ2) is 8.24. The van der Waals surface area contributed by atoms with Gasteiger partial charge in [-0.15, -0.1) is 0 Å². The lowest BCUT2D eigenvalue weighted by molar-refractivity contribution is 0.240. The lowest BCUT2D eigenvalue weighted by Gasteiger charge is -2.08. The molecule has 0 fully saturated rings. The molecule has 5 nitrogen and oxygen atoms in total. The smallest absolute Gasteiger partial charge is 0.315 e. The van der Waals surface area contributed by atoms with Crippen molar-refractivity contribution in [2.45, 2.75) is 13.0 Å². The standard InChI is InChI=1S/C16H18ClN3O2/c1-22-15-6-5-13(10-19-15)11-20-16(21)18-8-7-12-3-2-4-14(17)9-12/h2-6,9-10H,7-8,11H2,1H3,(H2,18,20,21). The minimum atomic E-state index is -0.210. The normalized spacial score (nSPS) is 10.1. The van der Waals surface area contributed by atoms with Gasteiger partial charge in [0, 0.05) is 30.4 Å². The highest BCUT2D eigenvalue weighted by atomic mass is 35.5. The van der Waals surface area contributed by atoms with Crippen LogP contribution in [-0.2, 0) is 13.0 Å². The highest BCUT2D eigenvalue weighted by molar-refractivity contribution is 6.30. The third-order valence-electron chi connectivity index (χ3n) is 3.05. The van der Waals surface area contributed by atoms with Crippen LogP contribution in [0.4, 0.5) is 4.79 Å². The number of amides is 2. The summed E-state index contributed by atoms with van der Waals surface area (Å²) in [7, 11) is 1.56. The van der Waals surface area contributed by atoms with Crippen LogP contribution in [0.5, 0.6) is 5.88 Å². The molecule has 0 aliphatic carbocycles. The number of methoxy groups -OCH3 is 1. The van der Waals surface area contributed by atoms with E-state index in [1.165, 1.54) is 0 Å². The lowest BCUT2D eigenvalue weighted by Crippen LogP contribution is -2.36. The molecule has 2 N–H and O–H groups in total. The van der Waals surface area contributed by atoms with E-state index in [1.807, 2.05) is 30.3 Å². The van der Waals surface area contributed by atoms with Crippen molar-refractivity contribution in [1.82, 2.24) is 15.6 Å². The number of carbonyl (C=O) groups excluding carboxylic acids is 1. The summed E-state index contributed by atoms with van der Waals surface area (Å²) in [6.45, 7) is 0.965. The van der Waals surface area contributed by atoms with Crippen LogP contribution in [0, 0.1) is 0 Å². The molecule has 0 saturated heterocycles. The van der Waals surface area contributed by atoms with E-state index >= 15 is 0 Å². The molecule has 1 aromatic carbocycles. The first-order valence-corrected chi connectivity index (χ1v) is 7.30. The number of urea groups is 1. The zero-order valence-corrected chi connectivity index (χ0v) is 13.1. The first kappa shape index (κ1) is 16.1. The van der Waals surface area contributed by atoms with Crippen molar-refractivity contribution in [2.75, 3.05) is 13.7 Å². The van der Waals surface area contributed by atoms with Gasteiger partial charge in [0.2, 0.25) is 5.88 Å². The quantitative estimate of drug-likeness (QED) is 0.860. The third-order valence-corrected chi connectivity index (χ3v) is 3.28. The molecular formula is C16H18ClN3O2. The first-order chi connectivity index (χ1) is 10.7. The number of carbonyl (C=O) groups is 1. The second-order valence-corrected chi connectivity index (χ2v) is 5.13. The number of nitrogens with one attached hydrogen (secondary N) is 2. The van der Waals surface area contributed by atoms with Crippen LogP contribution in [0.3, 0.4) is 0 Å². The number of ether oxygens (including phenoxy) is 1. The molecule has 0 unspecified atom stereocenters. The van der Waals surface area contributed by atoms with Gasteiger partial charge in [0.15, 0.2) is 0 Å². The maximum absolute atomic E-state index is 11.7. The van der Waals surface area contributed by atoms with Crippen molar-refractivity contribution in [3.05, 3.63) is 58.7 Å². The van der Waals surface area contributed by atoms with Crippen molar-refractivity contribution < 1.29 is 9.53 Å². The number of rotatable bonds is 6. The van der Waals surface area contributed by atoms with E-state index in [-0.39, 0.29) is 6.03 Å². The maximum atomic E-state index is 11.7. The zero-order valence-electron chi connectivity index (χ0n) is 12.3. The Morgan fingerprint density at radius 3 is 2.77 bits per heavy atom. The molecule has 0 atom stereocenters. The predicted octanol–water partition coefficient (Wildman–Crippen LogP) is 2.79. The molecule has 0 saturated carbocycles. The summed E-state index contributed by atoms with van der Waals surface area (Å²) in [5, 5.41) is 6.29. The predicted molar refractivity (Wildman–Crippen MR) is 86.2 cm³/mol. The molecule has 116 valence electrons. The Bertz CT molecular complexity index is 617. The van der Waals surface area contributed by atoms with Crippen LogP contribution < -0.4 is 15.4 Å². The fourth-order valence-corrected chi connectivity index (χ4v) is 2.11. The van der Waals surface area contributed by atoms with Crippen molar-refractivity contribution in [3.8, 4) is 5.88 Å². The lowest BCUT2D eigenvalue weighted by atomic mass is 10.1. The molecule has 0 aliphatic rings. The first-order valence-electron chi connectivity index (χ1n) is 6.92. The number of hydrogen-bond donors (Lipinski definition) is 2. The van der Waals surface area contributed by atoms with Gasteiger partial charge in [-0.3, -0.25) is 0 Å². The Kier molecular flexibility index (Phi) is 6.03. The van der Waals surface area contributed by atoms with Gasteiger partial charge in [-0.1, -0.05) is 29.8 Å². The molecule has 22 heavy (non-hydrogen) atoms. The summed E-state index contributed by atoms with van der Waals surface area (Å²) in [5.41, 5.74) is 2.00. The monoisotopic (exact) mass is 319 g/mol. The van der Waals surface area contributed by atoms with Gasteiger partial charge in [-0.05, 0) is 29.7 Å². The minimum absolute atomic E-state index is 0.210. The summed E-state index contributed by atoms with van der Waals surface area (Å²) in [6.07, 6.45) is 2.41. The molecule has 0 spiro atoms. The molecule has 1 aromatic heterocycles. The van der Waals surface area contributed by atoms with Crippen LogP contribution in [0.1, 0.15) is 11.1 Å². The molecule has 0 aliphatic heterocycles. The molecule has 2 aromatic rings. The summed E-state index contributed by atoms with van der Waals surface area (Å²) in [5.74, 6) is 0.551. The number of nitrogens with zero attached hydrogens (tertiary/aromatic N) is 1.